The predicted octanol–water partition coefficient (Wildman–Crippen LogP) is 3.69. The van der Waals surface area contributed by atoms with Crippen molar-refractivity contribution in [2.45, 2.75) is 0 Å². The van der Waals surface area contributed by atoms with Gasteiger partial charge in [0.25, 0.3) is 0 Å². The molecule has 0 saturated carbocycles. The zero-order chi connectivity index (χ0) is 13.6. The van der Waals surface area contributed by atoms with Crippen LogP contribution in [0, 0.1) is 12.1 Å². The van der Waals surface area contributed by atoms with Crippen LogP contribution in [-0.4, -0.2) is 33.0 Å². The molecule has 0 bridgehead atoms. The number of pyridine rings is 2. The molecule has 0 N–H and O–H groups in total. The van der Waals surface area contributed by atoms with Crippen LogP contribution in [0.15, 0.2) is 73.1 Å². The largest absolute Gasteiger partial charge is 2.00 e. The second kappa shape index (κ2) is 7.71. The molecule has 0 spiro atoms. The van der Waals surface area contributed by atoms with Gasteiger partial charge in [0, 0.05) is 12.4 Å². The third-order valence-corrected chi connectivity index (χ3v) is 2.86. The maximum Gasteiger partial charge on any atom is 2.00 e. The van der Waals surface area contributed by atoms with E-state index in [1.165, 1.54) is 0 Å². The molecule has 0 saturated heterocycles. The molecule has 2 aromatic carbocycles. The van der Waals surface area contributed by atoms with E-state index in [9.17, 15) is 0 Å². The monoisotopic (exact) mass is 280 g/mol. The fourth-order valence-electron chi connectivity index (χ4n) is 1.90. The van der Waals surface area contributed by atoms with Gasteiger partial charge in [0.05, 0.1) is 0 Å². The van der Waals surface area contributed by atoms with Gasteiger partial charge in [-0.15, -0.1) is 22.9 Å². The molecule has 0 unspecified atom stereocenters. The first-order valence-electron chi connectivity index (χ1n) is 6.36. The molecule has 3 heteroatoms. The Labute approximate surface area is 140 Å². The van der Waals surface area contributed by atoms with E-state index in [1.807, 2.05) is 60.7 Å². The number of rotatable bonds is 0. The minimum absolute atomic E-state index is 0. The summed E-state index contributed by atoms with van der Waals surface area (Å²) >= 11 is 0. The third kappa shape index (κ3) is 4.00. The number of hydrogen-bond donors (Lipinski definition) is 0. The van der Waals surface area contributed by atoms with Crippen molar-refractivity contribution < 1.29 is 0 Å². The number of fused-ring (bicyclic) bond motifs is 2. The van der Waals surface area contributed by atoms with E-state index in [-0.39, 0.29) is 23.1 Å². The molecule has 2 heterocycles. The number of benzene rings is 2. The Morgan fingerprint density at radius 1 is 0.619 bits per heavy atom. The van der Waals surface area contributed by atoms with E-state index in [1.54, 1.807) is 12.4 Å². The molecular formula is C18H12MgN2. The zero-order valence-electron chi connectivity index (χ0n) is 11.5. The number of para-hydroxylation sites is 2. The standard InChI is InChI=1S/2C9H6N.Mg/c2*1-2-6-9-8(4-1)5-3-7-10-9;/h2*1-5,7H;/q2*-1;+2. The van der Waals surface area contributed by atoms with Gasteiger partial charge < -0.3 is 0 Å². The Morgan fingerprint density at radius 3 is 1.48 bits per heavy atom. The minimum atomic E-state index is 0. The van der Waals surface area contributed by atoms with Crippen LogP contribution in [-0.2, 0) is 0 Å². The van der Waals surface area contributed by atoms with E-state index in [2.05, 4.69) is 22.1 Å². The van der Waals surface area contributed by atoms with Gasteiger partial charge in [0.2, 0.25) is 0 Å². The van der Waals surface area contributed by atoms with Gasteiger partial charge in [-0.3, -0.25) is 9.97 Å². The summed E-state index contributed by atoms with van der Waals surface area (Å²) in [5.74, 6) is 0. The molecule has 0 radical (unpaired) electrons. The minimum Gasteiger partial charge on any atom is -0.283 e. The summed E-state index contributed by atoms with van der Waals surface area (Å²) < 4.78 is 0. The maximum atomic E-state index is 4.13. The first-order chi connectivity index (χ1) is 9.93. The summed E-state index contributed by atoms with van der Waals surface area (Å²) in [6.45, 7) is 0. The average molecular weight is 281 g/mol. The molecule has 2 aromatic heterocycles. The number of aromatic nitrogens is 2. The van der Waals surface area contributed by atoms with Crippen molar-refractivity contribution in [3.8, 4) is 0 Å². The second-order valence-electron chi connectivity index (χ2n) is 4.22. The van der Waals surface area contributed by atoms with Gasteiger partial charge >= 0.3 is 23.1 Å². The molecule has 0 aliphatic carbocycles. The third-order valence-electron chi connectivity index (χ3n) is 2.86. The molecular weight excluding hydrogens is 269 g/mol. The van der Waals surface area contributed by atoms with Crippen molar-refractivity contribution in [1.29, 1.82) is 0 Å². The zero-order valence-corrected chi connectivity index (χ0v) is 12.9. The van der Waals surface area contributed by atoms with Crippen molar-refractivity contribution in [3.63, 3.8) is 0 Å². The van der Waals surface area contributed by atoms with Crippen LogP contribution in [0.5, 0.6) is 0 Å². The van der Waals surface area contributed by atoms with E-state index < -0.39 is 0 Å². The maximum absolute atomic E-state index is 4.13. The van der Waals surface area contributed by atoms with Crippen LogP contribution in [0.3, 0.4) is 0 Å². The van der Waals surface area contributed by atoms with Gasteiger partial charge in [-0.2, -0.15) is 48.5 Å². The summed E-state index contributed by atoms with van der Waals surface area (Å²) in [5, 5.41) is 2.29. The Morgan fingerprint density at radius 2 is 1.05 bits per heavy atom. The van der Waals surface area contributed by atoms with E-state index in [0.717, 1.165) is 21.8 Å². The van der Waals surface area contributed by atoms with Crippen molar-refractivity contribution in [2.75, 3.05) is 0 Å². The average Bonchev–Trinajstić information content (AvgIpc) is 2.56. The van der Waals surface area contributed by atoms with Crippen molar-refractivity contribution >= 4 is 44.9 Å². The fourth-order valence-corrected chi connectivity index (χ4v) is 1.90. The quantitative estimate of drug-likeness (QED) is 0.363. The first-order valence-corrected chi connectivity index (χ1v) is 6.36. The number of nitrogens with zero attached hydrogens (tertiary/aromatic N) is 2. The number of hydrogen-bond acceptors (Lipinski definition) is 2. The summed E-state index contributed by atoms with van der Waals surface area (Å²) in [6.07, 6.45) is 3.55. The second-order valence-corrected chi connectivity index (χ2v) is 4.22. The Hall–Kier alpha value is -1.97. The van der Waals surface area contributed by atoms with E-state index in [4.69, 9.17) is 0 Å². The molecule has 0 amide bonds. The molecule has 2 nitrogen and oxygen atoms in total. The molecule has 0 aliphatic heterocycles. The smallest absolute Gasteiger partial charge is 0.283 e. The molecule has 0 atom stereocenters. The van der Waals surface area contributed by atoms with Crippen molar-refractivity contribution in [3.05, 3.63) is 85.2 Å². The summed E-state index contributed by atoms with van der Waals surface area (Å²) in [7, 11) is 0. The summed E-state index contributed by atoms with van der Waals surface area (Å²) in [5.41, 5.74) is 1.87. The Kier molecular flexibility index (Phi) is 5.66. The first kappa shape index (κ1) is 15.4. The summed E-state index contributed by atoms with van der Waals surface area (Å²) in [6, 6.07) is 25.7. The topological polar surface area (TPSA) is 25.8 Å². The van der Waals surface area contributed by atoms with Crippen LogP contribution >= 0.6 is 0 Å². The molecule has 0 fully saturated rings. The van der Waals surface area contributed by atoms with Gasteiger partial charge in [0.1, 0.15) is 0 Å². The van der Waals surface area contributed by atoms with Gasteiger partial charge in [0.15, 0.2) is 0 Å². The molecule has 96 valence electrons. The summed E-state index contributed by atoms with van der Waals surface area (Å²) in [4.78, 5) is 8.25. The van der Waals surface area contributed by atoms with Crippen LogP contribution in [0.25, 0.3) is 21.8 Å². The van der Waals surface area contributed by atoms with Gasteiger partial charge in [-0.05, 0) is 11.0 Å². The van der Waals surface area contributed by atoms with Gasteiger partial charge in [-0.25, -0.2) is 0 Å². The van der Waals surface area contributed by atoms with Gasteiger partial charge in [-0.1, -0.05) is 12.1 Å². The van der Waals surface area contributed by atoms with Crippen LogP contribution in [0.1, 0.15) is 0 Å². The fraction of sp³-hybridized carbons (Fsp3) is 0. The van der Waals surface area contributed by atoms with Crippen molar-refractivity contribution in [1.82, 2.24) is 9.97 Å². The van der Waals surface area contributed by atoms with Crippen molar-refractivity contribution in [2.24, 2.45) is 0 Å². The normalized spacial score (nSPS) is 9.52. The predicted molar refractivity (Wildman–Crippen MR) is 86.9 cm³/mol. The van der Waals surface area contributed by atoms with Crippen LogP contribution in [0.2, 0.25) is 0 Å². The van der Waals surface area contributed by atoms with E-state index in [0.29, 0.717) is 0 Å². The molecule has 4 aromatic rings. The molecule has 21 heavy (non-hydrogen) atoms. The van der Waals surface area contributed by atoms with E-state index >= 15 is 0 Å². The van der Waals surface area contributed by atoms with Crippen LogP contribution in [0.4, 0.5) is 0 Å². The Balaban J connectivity index is 0.000000147. The van der Waals surface area contributed by atoms with Crippen LogP contribution < -0.4 is 0 Å². The molecule has 0 aliphatic rings. The SMILES string of the molecule is [Mg+2].[c-]1cccc2cccnc12.[c-]1cccc2cccnc12. The Bertz CT molecular complexity index is 628. The molecule has 4 rings (SSSR count).